The van der Waals surface area contributed by atoms with Gasteiger partial charge in [0, 0.05) is 28.7 Å². The summed E-state index contributed by atoms with van der Waals surface area (Å²) in [6.45, 7) is 5.60. The van der Waals surface area contributed by atoms with E-state index in [0.29, 0.717) is 16.4 Å². The van der Waals surface area contributed by atoms with E-state index in [-0.39, 0.29) is 5.91 Å². The van der Waals surface area contributed by atoms with Gasteiger partial charge in [0.25, 0.3) is 5.91 Å². The second-order valence-corrected chi connectivity index (χ2v) is 8.09. The Morgan fingerprint density at radius 3 is 2.46 bits per heavy atom. The summed E-state index contributed by atoms with van der Waals surface area (Å²) in [5.74, 6) is -0.335. The molecule has 6 nitrogen and oxygen atoms in total. The number of nitrogens with one attached hydrogen (secondary N) is 2. The van der Waals surface area contributed by atoms with Crippen LogP contribution < -0.4 is 15.5 Å². The van der Waals surface area contributed by atoms with Gasteiger partial charge in [-0.05, 0) is 39.0 Å². The number of nitrogens with zero attached hydrogens (tertiary/aromatic N) is 2. The SMILES string of the molecule is CN1C(=O)C(NC(=O)NC(C)(C)C)N=C(c2ccccc2)c2cc(Cl)ccc21. The Labute approximate surface area is 169 Å². The first-order valence-corrected chi connectivity index (χ1v) is 9.33. The highest BCUT2D eigenvalue weighted by molar-refractivity contribution is 6.32. The Morgan fingerprint density at radius 2 is 1.82 bits per heavy atom. The molecule has 0 bridgehead atoms. The van der Waals surface area contributed by atoms with Gasteiger partial charge in [-0.15, -0.1) is 0 Å². The smallest absolute Gasteiger partial charge is 0.317 e. The van der Waals surface area contributed by atoms with E-state index >= 15 is 0 Å². The summed E-state index contributed by atoms with van der Waals surface area (Å²) in [6.07, 6.45) is -1.06. The van der Waals surface area contributed by atoms with Gasteiger partial charge in [-0.2, -0.15) is 0 Å². The van der Waals surface area contributed by atoms with Crippen molar-refractivity contribution in [1.82, 2.24) is 10.6 Å². The number of benzene rings is 2. The number of amides is 3. The summed E-state index contributed by atoms with van der Waals surface area (Å²) in [6, 6.07) is 14.4. The summed E-state index contributed by atoms with van der Waals surface area (Å²) in [7, 11) is 1.66. The molecule has 1 aliphatic heterocycles. The first kappa shape index (κ1) is 19.9. The van der Waals surface area contributed by atoms with Gasteiger partial charge in [0.05, 0.1) is 11.4 Å². The van der Waals surface area contributed by atoms with Gasteiger partial charge in [0.2, 0.25) is 6.17 Å². The van der Waals surface area contributed by atoms with E-state index < -0.39 is 17.7 Å². The number of hydrogen-bond acceptors (Lipinski definition) is 3. The van der Waals surface area contributed by atoms with Gasteiger partial charge >= 0.3 is 6.03 Å². The maximum absolute atomic E-state index is 13.0. The van der Waals surface area contributed by atoms with Crippen LogP contribution >= 0.6 is 11.6 Å². The second-order valence-electron chi connectivity index (χ2n) is 7.65. The molecule has 1 unspecified atom stereocenters. The molecule has 1 heterocycles. The van der Waals surface area contributed by atoms with Crippen molar-refractivity contribution in [2.75, 3.05) is 11.9 Å². The van der Waals surface area contributed by atoms with Crippen LogP contribution in [0.5, 0.6) is 0 Å². The molecule has 1 atom stereocenters. The molecule has 3 amide bonds. The molecule has 28 heavy (non-hydrogen) atoms. The fourth-order valence-electron chi connectivity index (χ4n) is 2.97. The Morgan fingerprint density at radius 1 is 1.14 bits per heavy atom. The third-order valence-corrected chi connectivity index (χ3v) is 4.44. The van der Waals surface area contributed by atoms with Crippen molar-refractivity contribution in [3.63, 3.8) is 0 Å². The number of rotatable bonds is 2. The number of halogens is 1. The van der Waals surface area contributed by atoms with E-state index in [4.69, 9.17) is 11.6 Å². The van der Waals surface area contributed by atoms with Crippen LogP contribution in [0.3, 0.4) is 0 Å². The highest BCUT2D eigenvalue weighted by Gasteiger charge is 2.31. The van der Waals surface area contributed by atoms with Crippen molar-refractivity contribution in [2.24, 2.45) is 4.99 Å². The Bertz CT molecular complexity index is 935. The van der Waals surface area contributed by atoms with Gasteiger partial charge in [-0.1, -0.05) is 41.9 Å². The predicted molar refractivity (Wildman–Crippen MR) is 112 cm³/mol. The van der Waals surface area contributed by atoms with Crippen LogP contribution in [0.4, 0.5) is 10.5 Å². The lowest BCUT2D eigenvalue weighted by Gasteiger charge is -2.24. The van der Waals surface area contributed by atoms with Gasteiger partial charge in [-0.25, -0.2) is 9.79 Å². The first-order valence-electron chi connectivity index (χ1n) is 8.95. The number of aliphatic imine (C=N–C) groups is 1. The molecule has 0 saturated heterocycles. The van der Waals surface area contributed by atoms with Crippen molar-refractivity contribution >= 4 is 34.9 Å². The van der Waals surface area contributed by atoms with Gasteiger partial charge in [0.1, 0.15) is 0 Å². The minimum atomic E-state index is -1.06. The molecule has 0 radical (unpaired) electrons. The molecular weight excluding hydrogens is 376 g/mol. The molecule has 0 spiro atoms. The zero-order valence-electron chi connectivity index (χ0n) is 16.3. The first-order chi connectivity index (χ1) is 13.2. The number of carbonyl (C=O) groups excluding carboxylic acids is 2. The molecule has 3 rings (SSSR count). The standard InChI is InChI=1S/C21H23ClN4O2/c1-21(2,3)25-20(28)24-18-19(27)26(4)16-11-10-14(22)12-15(16)17(23-18)13-8-6-5-7-9-13/h5-12,18H,1-4H3,(H2,24,25,28). The summed E-state index contributed by atoms with van der Waals surface area (Å²) >= 11 is 6.22. The van der Waals surface area contributed by atoms with Crippen molar-refractivity contribution in [3.05, 3.63) is 64.7 Å². The average molecular weight is 399 g/mol. The number of benzodiazepines with no additional fused rings is 1. The summed E-state index contributed by atoms with van der Waals surface area (Å²) in [5, 5.41) is 6.02. The molecular formula is C21H23ClN4O2. The topological polar surface area (TPSA) is 73.8 Å². The van der Waals surface area contributed by atoms with Crippen molar-refractivity contribution in [1.29, 1.82) is 0 Å². The molecule has 2 aromatic rings. The number of urea groups is 1. The third kappa shape index (κ3) is 4.34. The maximum Gasteiger partial charge on any atom is 0.317 e. The van der Waals surface area contributed by atoms with Crippen LogP contribution in [0.25, 0.3) is 0 Å². The van der Waals surface area contributed by atoms with Gasteiger partial charge in [-0.3, -0.25) is 4.79 Å². The molecule has 0 aromatic heterocycles. The zero-order valence-corrected chi connectivity index (χ0v) is 17.0. The Balaban J connectivity index is 2.09. The van der Waals surface area contributed by atoms with E-state index in [1.54, 1.807) is 25.2 Å². The molecule has 2 N–H and O–H groups in total. The average Bonchev–Trinajstić information content (AvgIpc) is 2.71. The van der Waals surface area contributed by atoms with Gasteiger partial charge < -0.3 is 15.5 Å². The van der Waals surface area contributed by atoms with E-state index in [2.05, 4.69) is 15.6 Å². The fraction of sp³-hybridized carbons (Fsp3) is 0.286. The van der Waals surface area contributed by atoms with Crippen molar-refractivity contribution in [2.45, 2.75) is 32.5 Å². The zero-order chi connectivity index (χ0) is 20.5. The Kier molecular flexibility index (Phi) is 5.42. The number of anilines is 1. The summed E-state index contributed by atoms with van der Waals surface area (Å²) in [5.41, 5.74) is 2.40. The molecule has 2 aromatic carbocycles. The normalized spacial score (nSPS) is 16.8. The molecule has 146 valence electrons. The van der Waals surface area contributed by atoms with Crippen molar-refractivity contribution < 1.29 is 9.59 Å². The number of fused-ring (bicyclic) bond motifs is 1. The molecule has 0 fully saturated rings. The highest BCUT2D eigenvalue weighted by atomic mass is 35.5. The van der Waals surface area contributed by atoms with Crippen LogP contribution in [0.1, 0.15) is 31.9 Å². The number of carbonyl (C=O) groups is 2. The summed E-state index contributed by atoms with van der Waals surface area (Å²) in [4.78, 5) is 31.5. The largest absolute Gasteiger partial charge is 0.334 e. The third-order valence-electron chi connectivity index (χ3n) is 4.20. The van der Waals surface area contributed by atoms with E-state index in [0.717, 1.165) is 11.1 Å². The molecule has 1 aliphatic rings. The molecule has 0 saturated carbocycles. The predicted octanol–water partition coefficient (Wildman–Crippen LogP) is 3.58. The van der Waals surface area contributed by atoms with Crippen LogP contribution in [-0.2, 0) is 4.79 Å². The molecule has 7 heteroatoms. The van der Waals surface area contributed by atoms with Crippen LogP contribution in [0, 0.1) is 0 Å². The lowest BCUT2D eigenvalue weighted by Crippen LogP contribution is -2.53. The van der Waals surface area contributed by atoms with Crippen LogP contribution in [0.2, 0.25) is 5.02 Å². The monoisotopic (exact) mass is 398 g/mol. The highest BCUT2D eigenvalue weighted by Crippen LogP contribution is 2.29. The number of likely N-dealkylation sites (N-methyl/N-ethyl adjacent to an activating group) is 1. The summed E-state index contributed by atoms with van der Waals surface area (Å²) < 4.78 is 0. The minimum absolute atomic E-state index is 0.335. The van der Waals surface area contributed by atoms with Crippen LogP contribution in [0.15, 0.2) is 53.5 Å². The lowest BCUT2D eigenvalue weighted by atomic mass is 10.0. The van der Waals surface area contributed by atoms with E-state index in [1.807, 2.05) is 51.1 Å². The Hall–Kier alpha value is -2.86. The maximum atomic E-state index is 13.0. The van der Waals surface area contributed by atoms with E-state index in [9.17, 15) is 9.59 Å². The lowest BCUT2D eigenvalue weighted by molar-refractivity contribution is -0.119. The quantitative estimate of drug-likeness (QED) is 0.811. The second kappa shape index (κ2) is 7.64. The van der Waals surface area contributed by atoms with Crippen molar-refractivity contribution in [3.8, 4) is 0 Å². The minimum Gasteiger partial charge on any atom is -0.334 e. The van der Waals surface area contributed by atoms with Gasteiger partial charge in [0.15, 0.2) is 0 Å². The fourth-order valence-corrected chi connectivity index (χ4v) is 3.14. The number of hydrogen-bond donors (Lipinski definition) is 2. The molecule has 0 aliphatic carbocycles. The van der Waals surface area contributed by atoms with E-state index in [1.165, 1.54) is 4.90 Å². The van der Waals surface area contributed by atoms with Crippen LogP contribution in [-0.4, -0.2) is 36.4 Å².